The zero-order chi connectivity index (χ0) is 19.6. The maximum absolute atomic E-state index is 12.2. The molecule has 0 aliphatic heterocycles. The predicted octanol–water partition coefficient (Wildman–Crippen LogP) is 2.70. The molecule has 140 valence electrons. The van der Waals surface area contributed by atoms with Crippen LogP contribution in [0.15, 0.2) is 51.9 Å². The van der Waals surface area contributed by atoms with E-state index in [1.165, 1.54) is 12.1 Å². The Kier molecular flexibility index (Phi) is 5.26. The number of nitrogens with zero attached hydrogens (tertiary/aromatic N) is 2. The molecule has 1 heterocycles. The molecule has 0 spiro atoms. The summed E-state index contributed by atoms with van der Waals surface area (Å²) in [7, 11) is -3.98. The summed E-state index contributed by atoms with van der Waals surface area (Å²) in [6, 6.07) is 11.0. The molecule has 0 saturated heterocycles. The van der Waals surface area contributed by atoms with Crippen LogP contribution in [0.5, 0.6) is 0 Å². The Bertz CT molecular complexity index is 1090. The van der Waals surface area contributed by atoms with E-state index in [0.717, 1.165) is 17.2 Å². The molecule has 8 nitrogen and oxygen atoms in total. The van der Waals surface area contributed by atoms with Crippen LogP contribution in [0.4, 0.5) is 0 Å². The molecule has 2 aromatic carbocycles. The molecule has 10 heteroatoms. The first-order chi connectivity index (χ1) is 12.7. The van der Waals surface area contributed by atoms with E-state index in [4.69, 9.17) is 26.0 Å². The first-order valence-electron chi connectivity index (χ1n) is 7.63. The topological polar surface area (TPSA) is 125 Å². The third-order valence-corrected chi connectivity index (χ3v) is 4.83. The summed E-state index contributed by atoms with van der Waals surface area (Å²) < 4.78 is 32.9. The Balaban J connectivity index is 1.72. The minimum absolute atomic E-state index is 0.0262. The number of carbonyl (C=O) groups excluding carboxylic acids is 1. The average molecular weight is 408 g/mol. The Morgan fingerprint density at radius 1 is 1.22 bits per heavy atom. The highest BCUT2D eigenvalue weighted by molar-refractivity contribution is 7.89. The lowest BCUT2D eigenvalue weighted by atomic mass is 10.1. The number of primary sulfonamides is 1. The lowest BCUT2D eigenvalue weighted by molar-refractivity contribution is 0.0429. The van der Waals surface area contributed by atoms with Gasteiger partial charge in [0.15, 0.2) is 6.61 Å². The second-order valence-electron chi connectivity index (χ2n) is 5.64. The van der Waals surface area contributed by atoms with Gasteiger partial charge in [-0.2, -0.15) is 4.98 Å². The Labute approximate surface area is 160 Å². The molecular formula is C17H14ClN3O5S. The number of rotatable bonds is 5. The van der Waals surface area contributed by atoms with Crippen molar-refractivity contribution in [1.82, 2.24) is 10.1 Å². The summed E-state index contributed by atoms with van der Waals surface area (Å²) in [5.74, 6) is -0.409. The van der Waals surface area contributed by atoms with Gasteiger partial charge in [0.2, 0.25) is 15.8 Å². The third-order valence-electron chi connectivity index (χ3n) is 3.59. The van der Waals surface area contributed by atoms with E-state index in [9.17, 15) is 13.2 Å². The van der Waals surface area contributed by atoms with Gasteiger partial charge in [0, 0.05) is 5.56 Å². The number of carbonyl (C=O) groups is 1. The predicted molar refractivity (Wildman–Crippen MR) is 96.4 cm³/mol. The normalized spacial score (nSPS) is 11.4. The quantitative estimate of drug-likeness (QED) is 0.644. The summed E-state index contributed by atoms with van der Waals surface area (Å²) in [5, 5.41) is 8.91. The third kappa shape index (κ3) is 4.51. The number of aryl methyl sites for hydroxylation is 1. The molecule has 3 rings (SSSR count). The van der Waals surface area contributed by atoms with Gasteiger partial charge in [-0.25, -0.2) is 18.4 Å². The number of nitrogens with two attached hydrogens (primary N) is 1. The smallest absolute Gasteiger partial charge is 0.340 e. The molecule has 0 radical (unpaired) electrons. The van der Waals surface area contributed by atoms with Crippen molar-refractivity contribution in [3.63, 3.8) is 0 Å². The van der Waals surface area contributed by atoms with Crippen LogP contribution >= 0.6 is 11.6 Å². The number of hydrogen-bond donors (Lipinski definition) is 1. The Morgan fingerprint density at radius 3 is 2.59 bits per heavy atom. The van der Waals surface area contributed by atoms with Crippen LogP contribution in [0.25, 0.3) is 11.4 Å². The fraction of sp³-hybridized carbons (Fsp3) is 0.118. The van der Waals surface area contributed by atoms with Gasteiger partial charge in [0.1, 0.15) is 0 Å². The van der Waals surface area contributed by atoms with Gasteiger partial charge in [-0.15, -0.1) is 0 Å². The SMILES string of the molecule is Cc1ccc(-c2noc(COC(=O)c3cc(S(N)(=O)=O)ccc3Cl)n2)cc1. The van der Waals surface area contributed by atoms with Crippen LogP contribution in [0, 0.1) is 6.92 Å². The van der Waals surface area contributed by atoms with Gasteiger partial charge < -0.3 is 9.26 Å². The van der Waals surface area contributed by atoms with Gasteiger partial charge in [-0.1, -0.05) is 46.6 Å². The van der Waals surface area contributed by atoms with Crippen molar-refractivity contribution in [3.8, 4) is 11.4 Å². The summed E-state index contributed by atoms with van der Waals surface area (Å²) >= 11 is 5.93. The molecule has 2 N–H and O–H groups in total. The molecule has 0 unspecified atom stereocenters. The fourth-order valence-corrected chi connectivity index (χ4v) is 2.91. The van der Waals surface area contributed by atoms with E-state index in [1.807, 2.05) is 31.2 Å². The molecule has 1 aromatic heterocycles. The van der Waals surface area contributed by atoms with Crippen LogP contribution in [-0.2, 0) is 21.4 Å². The van der Waals surface area contributed by atoms with Crippen LogP contribution < -0.4 is 5.14 Å². The van der Waals surface area contributed by atoms with Crippen LogP contribution in [-0.4, -0.2) is 24.5 Å². The standard InChI is InChI=1S/C17H14ClN3O5S/c1-10-2-4-11(5-3-10)16-20-15(26-21-16)9-25-17(22)13-8-12(27(19,23)24)6-7-14(13)18/h2-8H,9H2,1H3,(H2,19,23,24). The van der Waals surface area contributed by atoms with Crippen molar-refractivity contribution >= 4 is 27.6 Å². The molecule has 27 heavy (non-hydrogen) atoms. The first kappa shape index (κ1) is 19.0. The van der Waals surface area contributed by atoms with Gasteiger partial charge in [-0.3, -0.25) is 0 Å². The summed E-state index contributed by atoms with van der Waals surface area (Å²) in [6.45, 7) is 1.66. The number of hydrogen-bond acceptors (Lipinski definition) is 7. The van der Waals surface area contributed by atoms with Crippen LogP contribution in [0.2, 0.25) is 5.02 Å². The number of benzene rings is 2. The van der Waals surface area contributed by atoms with Crippen molar-refractivity contribution in [2.24, 2.45) is 5.14 Å². The zero-order valence-electron chi connectivity index (χ0n) is 14.0. The highest BCUT2D eigenvalue weighted by Crippen LogP contribution is 2.22. The number of aromatic nitrogens is 2. The van der Waals surface area contributed by atoms with Gasteiger partial charge in [-0.05, 0) is 25.1 Å². The number of sulfonamides is 1. The molecule has 0 aliphatic carbocycles. The lowest BCUT2D eigenvalue weighted by Gasteiger charge is -2.06. The highest BCUT2D eigenvalue weighted by Gasteiger charge is 2.18. The number of esters is 1. The largest absolute Gasteiger partial charge is 0.452 e. The first-order valence-corrected chi connectivity index (χ1v) is 9.55. The van der Waals surface area contributed by atoms with Crippen molar-refractivity contribution in [2.45, 2.75) is 18.4 Å². The minimum Gasteiger partial charge on any atom is -0.452 e. The van der Waals surface area contributed by atoms with E-state index in [2.05, 4.69) is 10.1 Å². The van der Waals surface area contributed by atoms with Crippen LogP contribution in [0.3, 0.4) is 0 Å². The molecule has 0 atom stereocenters. The summed E-state index contributed by atoms with van der Waals surface area (Å²) in [6.07, 6.45) is 0. The molecular weight excluding hydrogens is 394 g/mol. The summed E-state index contributed by atoms with van der Waals surface area (Å²) in [5.41, 5.74) is 1.71. The zero-order valence-corrected chi connectivity index (χ0v) is 15.6. The number of halogens is 1. The molecule has 3 aromatic rings. The van der Waals surface area contributed by atoms with Crippen LogP contribution in [0.1, 0.15) is 21.8 Å². The molecule has 0 bridgehead atoms. The average Bonchev–Trinajstić information content (AvgIpc) is 3.08. The van der Waals surface area contributed by atoms with E-state index >= 15 is 0 Å². The van der Waals surface area contributed by atoms with E-state index in [0.29, 0.717) is 5.82 Å². The van der Waals surface area contributed by atoms with Crippen molar-refractivity contribution < 1.29 is 22.5 Å². The molecule has 0 saturated carbocycles. The minimum atomic E-state index is -3.98. The van der Waals surface area contributed by atoms with Gasteiger partial charge in [0.05, 0.1) is 15.5 Å². The van der Waals surface area contributed by atoms with E-state index < -0.39 is 16.0 Å². The molecule has 0 aliphatic rings. The Morgan fingerprint density at radius 2 is 1.93 bits per heavy atom. The van der Waals surface area contributed by atoms with Gasteiger partial charge in [0.25, 0.3) is 5.89 Å². The molecule has 0 fully saturated rings. The number of ether oxygens (including phenoxy) is 1. The maximum atomic E-state index is 12.2. The van der Waals surface area contributed by atoms with Crippen molar-refractivity contribution in [2.75, 3.05) is 0 Å². The monoisotopic (exact) mass is 407 g/mol. The van der Waals surface area contributed by atoms with Gasteiger partial charge >= 0.3 is 5.97 Å². The van der Waals surface area contributed by atoms with Crippen molar-refractivity contribution in [1.29, 1.82) is 0 Å². The second kappa shape index (κ2) is 7.47. The summed E-state index contributed by atoms with van der Waals surface area (Å²) in [4.78, 5) is 16.1. The molecule has 0 amide bonds. The maximum Gasteiger partial charge on any atom is 0.340 e. The highest BCUT2D eigenvalue weighted by atomic mass is 35.5. The van der Waals surface area contributed by atoms with E-state index in [-0.39, 0.29) is 28.0 Å². The fourth-order valence-electron chi connectivity index (χ4n) is 2.18. The lowest BCUT2D eigenvalue weighted by Crippen LogP contribution is -2.14. The van der Waals surface area contributed by atoms with Crippen molar-refractivity contribution in [3.05, 3.63) is 64.5 Å². The second-order valence-corrected chi connectivity index (χ2v) is 7.61. The van der Waals surface area contributed by atoms with E-state index in [1.54, 1.807) is 0 Å². The Hall–Kier alpha value is -2.75.